The SMILES string of the molecule is CN=C(NCCOc1cccc(NC(C)=O)c1)NCc1cc(OC)ccc1OC(F)F.I. The van der Waals surface area contributed by atoms with Crippen LogP contribution in [0.25, 0.3) is 0 Å². The number of carbonyl (C=O) groups is 1. The first-order valence-electron chi connectivity index (χ1n) is 9.48. The number of aliphatic imine (C=N–C) groups is 1. The molecule has 0 aliphatic rings. The number of ether oxygens (including phenoxy) is 3. The smallest absolute Gasteiger partial charge is 0.387 e. The van der Waals surface area contributed by atoms with Gasteiger partial charge in [-0.3, -0.25) is 9.79 Å². The van der Waals surface area contributed by atoms with E-state index in [-0.39, 0.29) is 42.2 Å². The molecule has 0 aliphatic heterocycles. The van der Waals surface area contributed by atoms with Gasteiger partial charge in [-0.25, -0.2) is 0 Å². The van der Waals surface area contributed by atoms with E-state index in [4.69, 9.17) is 9.47 Å². The number of amides is 1. The molecule has 2 rings (SSSR count). The predicted octanol–water partition coefficient (Wildman–Crippen LogP) is 3.62. The van der Waals surface area contributed by atoms with Crippen molar-refractivity contribution in [1.29, 1.82) is 0 Å². The van der Waals surface area contributed by atoms with E-state index >= 15 is 0 Å². The highest BCUT2D eigenvalue weighted by Gasteiger charge is 2.11. The van der Waals surface area contributed by atoms with Gasteiger partial charge in [-0.05, 0) is 30.3 Å². The number of rotatable bonds is 10. The number of methoxy groups -OCH3 is 1. The van der Waals surface area contributed by atoms with E-state index in [2.05, 4.69) is 25.7 Å². The van der Waals surface area contributed by atoms with Crippen LogP contribution < -0.4 is 30.2 Å². The van der Waals surface area contributed by atoms with E-state index in [0.29, 0.717) is 41.9 Å². The maximum atomic E-state index is 12.6. The molecule has 1 amide bonds. The van der Waals surface area contributed by atoms with E-state index in [1.54, 1.807) is 43.4 Å². The van der Waals surface area contributed by atoms with Crippen molar-refractivity contribution in [2.24, 2.45) is 4.99 Å². The van der Waals surface area contributed by atoms with Crippen LogP contribution in [-0.4, -0.2) is 45.8 Å². The highest BCUT2D eigenvalue weighted by molar-refractivity contribution is 14.0. The minimum Gasteiger partial charge on any atom is -0.497 e. The Morgan fingerprint density at radius 2 is 1.91 bits per heavy atom. The molecule has 0 heterocycles. The van der Waals surface area contributed by atoms with Gasteiger partial charge >= 0.3 is 6.61 Å². The summed E-state index contributed by atoms with van der Waals surface area (Å²) in [5.41, 5.74) is 1.14. The molecule has 32 heavy (non-hydrogen) atoms. The summed E-state index contributed by atoms with van der Waals surface area (Å²) in [6.07, 6.45) is 0. The van der Waals surface area contributed by atoms with Gasteiger partial charge in [0, 0.05) is 37.8 Å². The van der Waals surface area contributed by atoms with Crippen molar-refractivity contribution < 1.29 is 27.8 Å². The Bertz CT molecular complexity index is 900. The monoisotopic (exact) mass is 564 g/mol. The molecule has 3 N–H and O–H groups in total. The molecule has 0 atom stereocenters. The molecule has 0 spiro atoms. The van der Waals surface area contributed by atoms with E-state index in [9.17, 15) is 13.6 Å². The lowest BCUT2D eigenvalue weighted by molar-refractivity contribution is -0.114. The van der Waals surface area contributed by atoms with Crippen LogP contribution in [0.2, 0.25) is 0 Å². The van der Waals surface area contributed by atoms with Crippen LogP contribution in [0, 0.1) is 0 Å². The van der Waals surface area contributed by atoms with Gasteiger partial charge in [0.05, 0.1) is 13.7 Å². The number of alkyl halides is 2. The zero-order valence-corrected chi connectivity index (χ0v) is 20.3. The summed E-state index contributed by atoms with van der Waals surface area (Å²) in [4.78, 5) is 15.2. The van der Waals surface area contributed by atoms with E-state index in [1.807, 2.05) is 0 Å². The molecule has 0 fully saturated rings. The first kappa shape index (κ1) is 27.2. The highest BCUT2D eigenvalue weighted by atomic mass is 127. The van der Waals surface area contributed by atoms with E-state index in [1.165, 1.54) is 20.1 Å². The van der Waals surface area contributed by atoms with Gasteiger partial charge in [0.25, 0.3) is 0 Å². The summed E-state index contributed by atoms with van der Waals surface area (Å²) < 4.78 is 40.6. The first-order chi connectivity index (χ1) is 14.9. The van der Waals surface area contributed by atoms with Crippen molar-refractivity contribution in [1.82, 2.24) is 10.6 Å². The lowest BCUT2D eigenvalue weighted by atomic mass is 10.2. The van der Waals surface area contributed by atoms with Crippen molar-refractivity contribution in [3.05, 3.63) is 48.0 Å². The standard InChI is InChI=1S/C21H26F2N4O4.HI/c1-14(28)27-16-5-4-6-18(12-16)30-10-9-25-21(24-2)26-13-15-11-17(29-3)7-8-19(15)31-20(22)23;/h4-8,11-12,20H,9-10,13H2,1-3H3,(H,27,28)(H2,24,25,26);1H. The van der Waals surface area contributed by atoms with Crippen molar-refractivity contribution in [3.8, 4) is 17.2 Å². The van der Waals surface area contributed by atoms with E-state index in [0.717, 1.165) is 0 Å². The topological polar surface area (TPSA) is 93.2 Å². The fraction of sp³-hybridized carbons (Fsp3) is 0.333. The van der Waals surface area contributed by atoms with Crippen LogP contribution in [0.3, 0.4) is 0 Å². The van der Waals surface area contributed by atoms with Crippen LogP contribution in [0.4, 0.5) is 14.5 Å². The molecule has 11 heteroatoms. The normalized spacial score (nSPS) is 10.8. The van der Waals surface area contributed by atoms with Crippen molar-refractivity contribution in [2.45, 2.75) is 20.1 Å². The third kappa shape index (κ3) is 9.54. The van der Waals surface area contributed by atoms with Gasteiger partial charge in [-0.15, -0.1) is 24.0 Å². The minimum atomic E-state index is -2.93. The Labute approximate surface area is 202 Å². The number of hydrogen-bond acceptors (Lipinski definition) is 5. The minimum absolute atomic E-state index is 0. The van der Waals surface area contributed by atoms with Gasteiger partial charge in [0.1, 0.15) is 23.9 Å². The number of carbonyl (C=O) groups excluding carboxylic acids is 1. The van der Waals surface area contributed by atoms with Crippen LogP contribution >= 0.6 is 24.0 Å². The molecule has 0 aliphatic carbocycles. The largest absolute Gasteiger partial charge is 0.497 e. The molecular formula is C21H27F2IN4O4. The van der Waals surface area contributed by atoms with Crippen LogP contribution in [-0.2, 0) is 11.3 Å². The molecule has 0 bridgehead atoms. The lowest BCUT2D eigenvalue weighted by Gasteiger charge is -2.15. The Morgan fingerprint density at radius 3 is 2.56 bits per heavy atom. The highest BCUT2D eigenvalue weighted by Crippen LogP contribution is 2.25. The molecule has 0 radical (unpaired) electrons. The first-order valence-corrected chi connectivity index (χ1v) is 9.48. The average Bonchev–Trinajstić information content (AvgIpc) is 2.73. The second-order valence-corrected chi connectivity index (χ2v) is 6.26. The van der Waals surface area contributed by atoms with Crippen LogP contribution in [0.1, 0.15) is 12.5 Å². The molecule has 0 aromatic heterocycles. The lowest BCUT2D eigenvalue weighted by Crippen LogP contribution is -2.39. The zero-order valence-electron chi connectivity index (χ0n) is 18.0. The maximum absolute atomic E-state index is 12.6. The maximum Gasteiger partial charge on any atom is 0.387 e. The Morgan fingerprint density at radius 1 is 1.12 bits per heavy atom. The number of nitrogens with one attached hydrogen (secondary N) is 3. The zero-order chi connectivity index (χ0) is 22.6. The van der Waals surface area contributed by atoms with Gasteiger partial charge in [-0.2, -0.15) is 8.78 Å². The second kappa shape index (κ2) is 14.3. The fourth-order valence-electron chi connectivity index (χ4n) is 2.64. The predicted molar refractivity (Wildman–Crippen MR) is 129 cm³/mol. The summed E-state index contributed by atoms with van der Waals surface area (Å²) in [5, 5.41) is 8.79. The van der Waals surface area contributed by atoms with Gasteiger partial charge < -0.3 is 30.2 Å². The second-order valence-electron chi connectivity index (χ2n) is 6.26. The molecule has 0 saturated heterocycles. The average molecular weight is 564 g/mol. The summed E-state index contributed by atoms with van der Waals surface area (Å²) in [5.74, 6) is 1.49. The number of halogens is 3. The Kier molecular flexibility index (Phi) is 12.1. The summed E-state index contributed by atoms with van der Waals surface area (Å²) in [6, 6.07) is 11.6. The van der Waals surface area contributed by atoms with Crippen LogP contribution in [0.15, 0.2) is 47.5 Å². The summed E-state index contributed by atoms with van der Waals surface area (Å²) >= 11 is 0. The third-order valence-electron chi connectivity index (χ3n) is 3.97. The van der Waals surface area contributed by atoms with Crippen molar-refractivity contribution >= 4 is 41.5 Å². The van der Waals surface area contributed by atoms with Crippen LogP contribution in [0.5, 0.6) is 17.2 Å². The quantitative estimate of drug-likeness (QED) is 0.177. The van der Waals surface area contributed by atoms with Gasteiger partial charge in [0.2, 0.25) is 5.91 Å². The summed E-state index contributed by atoms with van der Waals surface area (Å²) in [7, 11) is 3.09. The third-order valence-corrected chi connectivity index (χ3v) is 3.97. The Hall–Kier alpha value is -2.83. The molecule has 176 valence electrons. The molecule has 8 nitrogen and oxygen atoms in total. The summed E-state index contributed by atoms with van der Waals surface area (Å²) in [6.45, 7) is -0.528. The van der Waals surface area contributed by atoms with Crippen molar-refractivity contribution in [3.63, 3.8) is 0 Å². The molecular weight excluding hydrogens is 537 g/mol. The number of guanidine groups is 1. The molecule has 0 saturated carbocycles. The van der Waals surface area contributed by atoms with Gasteiger partial charge in [0.15, 0.2) is 5.96 Å². The Balaban J connectivity index is 0.00000512. The fourth-order valence-corrected chi connectivity index (χ4v) is 2.64. The number of anilines is 1. The molecule has 2 aromatic carbocycles. The number of nitrogens with zero attached hydrogens (tertiary/aromatic N) is 1. The molecule has 0 unspecified atom stereocenters. The number of benzene rings is 2. The van der Waals surface area contributed by atoms with Gasteiger partial charge in [-0.1, -0.05) is 6.07 Å². The van der Waals surface area contributed by atoms with E-state index < -0.39 is 6.61 Å². The number of hydrogen-bond donors (Lipinski definition) is 3. The van der Waals surface area contributed by atoms with Crippen molar-refractivity contribution in [2.75, 3.05) is 32.6 Å². The molecule has 2 aromatic rings.